The Morgan fingerprint density at radius 2 is 2.24 bits per heavy atom. The number of aryl methyl sites for hydroxylation is 2. The van der Waals surface area contributed by atoms with Gasteiger partial charge in [0.25, 0.3) is 0 Å². The Hall–Kier alpha value is -0.530. The zero-order valence-electron chi connectivity index (χ0n) is 10.7. The lowest BCUT2D eigenvalue weighted by Gasteiger charge is -2.15. The van der Waals surface area contributed by atoms with Gasteiger partial charge in [-0.2, -0.15) is 0 Å². The molecular weight excluding hydrogens is 232 g/mol. The van der Waals surface area contributed by atoms with Crippen LogP contribution < -0.4 is 0 Å². The average molecular weight is 253 g/mol. The van der Waals surface area contributed by atoms with Gasteiger partial charge < -0.3 is 4.74 Å². The zero-order valence-corrected chi connectivity index (χ0v) is 11.5. The fraction of sp³-hybridized carbons (Fsp3) is 0.600. The number of benzene rings is 1. The predicted octanol–water partition coefficient (Wildman–Crippen LogP) is 4.54. The number of alkyl halides is 1. The van der Waals surface area contributed by atoms with Gasteiger partial charge in [-0.1, -0.05) is 23.8 Å². The second-order valence-electron chi connectivity index (χ2n) is 5.04. The van der Waals surface area contributed by atoms with Gasteiger partial charge in [-0.05, 0) is 50.7 Å². The molecule has 2 rings (SSSR count). The van der Waals surface area contributed by atoms with Gasteiger partial charge in [-0.25, -0.2) is 0 Å². The largest absolute Gasteiger partial charge is 0.378 e. The van der Waals surface area contributed by atoms with E-state index < -0.39 is 0 Å². The minimum absolute atomic E-state index is 0.125. The first-order valence-electron chi connectivity index (χ1n) is 6.49. The van der Waals surface area contributed by atoms with E-state index in [1.807, 2.05) is 0 Å². The number of hydrogen-bond acceptors (Lipinski definition) is 1. The normalized spacial score (nSPS) is 21.7. The molecule has 1 aliphatic rings. The van der Waals surface area contributed by atoms with E-state index in [1.165, 1.54) is 29.5 Å². The molecule has 2 atom stereocenters. The fourth-order valence-electron chi connectivity index (χ4n) is 2.54. The predicted molar refractivity (Wildman–Crippen MR) is 72.7 cm³/mol. The first kappa shape index (κ1) is 12.9. The molecule has 0 aromatic heterocycles. The Morgan fingerprint density at radius 3 is 2.88 bits per heavy atom. The second-order valence-corrected chi connectivity index (χ2v) is 5.57. The first-order valence-corrected chi connectivity index (χ1v) is 6.93. The smallest absolute Gasteiger partial charge is 0.0588 e. The van der Waals surface area contributed by atoms with E-state index in [0.717, 1.165) is 19.4 Å². The number of halogens is 1. The Balaban J connectivity index is 1.91. The quantitative estimate of drug-likeness (QED) is 0.715. The Kier molecular flexibility index (Phi) is 4.47. The van der Waals surface area contributed by atoms with Crippen LogP contribution in [0.15, 0.2) is 18.2 Å². The van der Waals surface area contributed by atoms with E-state index in [2.05, 4.69) is 32.0 Å². The van der Waals surface area contributed by atoms with Crippen LogP contribution in [0.5, 0.6) is 0 Å². The van der Waals surface area contributed by atoms with Crippen molar-refractivity contribution in [3.63, 3.8) is 0 Å². The lowest BCUT2D eigenvalue weighted by molar-refractivity contribution is 0.102. The van der Waals surface area contributed by atoms with Gasteiger partial charge in [0.1, 0.15) is 0 Å². The van der Waals surface area contributed by atoms with Crippen LogP contribution >= 0.6 is 11.6 Å². The van der Waals surface area contributed by atoms with Crippen molar-refractivity contribution in [2.75, 3.05) is 6.61 Å². The maximum Gasteiger partial charge on any atom is 0.0588 e. The minimum atomic E-state index is 0.125. The van der Waals surface area contributed by atoms with Crippen molar-refractivity contribution < 1.29 is 4.74 Å². The third kappa shape index (κ3) is 3.46. The van der Waals surface area contributed by atoms with E-state index in [0.29, 0.717) is 6.10 Å². The average Bonchev–Trinajstić information content (AvgIpc) is 2.78. The van der Waals surface area contributed by atoms with Crippen LogP contribution in [0.4, 0.5) is 0 Å². The molecule has 1 fully saturated rings. The van der Waals surface area contributed by atoms with Crippen LogP contribution in [0.1, 0.15) is 47.8 Å². The maximum absolute atomic E-state index is 6.49. The SMILES string of the molecule is Cc1ccc(C(Cl)CCC2CCCO2)c(C)c1. The summed E-state index contributed by atoms with van der Waals surface area (Å²) in [6, 6.07) is 6.51. The van der Waals surface area contributed by atoms with Crippen LogP contribution in [0.3, 0.4) is 0 Å². The number of rotatable bonds is 4. The van der Waals surface area contributed by atoms with Crippen molar-refractivity contribution in [1.29, 1.82) is 0 Å². The van der Waals surface area contributed by atoms with E-state index in [9.17, 15) is 0 Å². The molecule has 0 amide bonds. The summed E-state index contributed by atoms with van der Waals surface area (Å²) in [6.45, 7) is 5.19. The van der Waals surface area contributed by atoms with Crippen LogP contribution in [0, 0.1) is 13.8 Å². The molecule has 1 aromatic rings. The van der Waals surface area contributed by atoms with Gasteiger partial charge >= 0.3 is 0 Å². The first-order chi connectivity index (χ1) is 8.16. The molecular formula is C15H21ClO. The fourth-order valence-corrected chi connectivity index (χ4v) is 2.91. The third-order valence-corrected chi connectivity index (χ3v) is 3.98. The van der Waals surface area contributed by atoms with E-state index in [-0.39, 0.29) is 5.38 Å². The Bertz CT molecular complexity index is 369. The molecule has 1 nitrogen and oxygen atoms in total. The summed E-state index contributed by atoms with van der Waals surface area (Å²) in [5.74, 6) is 0. The highest BCUT2D eigenvalue weighted by atomic mass is 35.5. The van der Waals surface area contributed by atoms with Crippen LogP contribution in [0.2, 0.25) is 0 Å². The molecule has 2 unspecified atom stereocenters. The third-order valence-electron chi connectivity index (χ3n) is 3.53. The number of ether oxygens (including phenoxy) is 1. The lowest BCUT2D eigenvalue weighted by Crippen LogP contribution is -2.06. The van der Waals surface area contributed by atoms with Crippen molar-refractivity contribution in [1.82, 2.24) is 0 Å². The van der Waals surface area contributed by atoms with Gasteiger partial charge in [0.05, 0.1) is 11.5 Å². The molecule has 0 bridgehead atoms. The molecule has 17 heavy (non-hydrogen) atoms. The van der Waals surface area contributed by atoms with Crippen molar-refractivity contribution in [3.8, 4) is 0 Å². The van der Waals surface area contributed by atoms with E-state index in [1.54, 1.807) is 0 Å². The Morgan fingerprint density at radius 1 is 1.41 bits per heavy atom. The van der Waals surface area contributed by atoms with Gasteiger partial charge in [0.15, 0.2) is 0 Å². The van der Waals surface area contributed by atoms with E-state index >= 15 is 0 Å². The van der Waals surface area contributed by atoms with Gasteiger partial charge in [0.2, 0.25) is 0 Å². The van der Waals surface area contributed by atoms with Crippen molar-refractivity contribution in [3.05, 3.63) is 34.9 Å². The zero-order chi connectivity index (χ0) is 12.3. The highest BCUT2D eigenvalue weighted by molar-refractivity contribution is 6.20. The Labute approximate surface area is 109 Å². The van der Waals surface area contributed by atoms with Crippen LogP contribution in [-0.4, -0.2) is 12.7 Å². The molecule has 0 spiro atoms. The molecule has 0 saturated carbocycles. The molecule has 1 aliphatic heterocycles. The summed E-state index contributed by atoms with van der Waals surface area (Å²) in [7, 11) is 0. The highest BCUT2D eigenvalue weighted by Gasteiger charge is 2.18. The van der Waals surface area contributed by atoms with Gasteiger partial charge in [-0.15, -0.1) is 11.6 Å². The molecule has 2 heteroatoms. The molecule has 1 heterocycles. The molecule has 1 aromatic carbocycles. The summed E-state index contributed by atoms with van der Waals surface area (Å²) in [4.78, 5) is 0. The van der Waals surface area contributed by atoms with Crippen molar-refractivity contribution in [2.24, 2.45) is 0 Å². The highest BCUT2D eigenvalue weighted by Crippen LogP contribution is 2.31. The van der Waals surface area contributed by atoms with Crippen molar-refractivity contribution in [2.45, 2.75) is 51.0 Å². The molecule has 1 saturated heterocycles. The monoisotopic (exact) mass is 252 g/mol. The molecule has 0 N–H and O–H groups in total. The van der Waals surface area contributed by atoms with Gasteiger partial charge in [0, 0.05) is 6.61 Å². The summed E-state index contributed by atoms with van der Waals surface area (Å²) in [6.07, 6.45) is 4.96. The summed E-state index contributed by atoms with van der Waals surface area (Å²) in [5, 5.41) is 0.125. The summed E-state index contributed by atoms with van der Waals surface area (Å²) >= 11 is 6.49. The topological polar surface area (TPSA) is 9.23 Å². The second kappa shape index (κ2) is 5.88. The van der Waals surface area contributed by atoms with E-state index in [4.69, 9.17) is 16.3 Å². The van der Waals surface area contributed by atoms with Crippen LogP contribution in [-0.2, 0) is 4.74 Å². The standard InChI is InChI=1S/C15H21ClO/c1-11-5-7-14(12(2)10-11)15(16)8-6-13-4-3-9-17-13/h5,7,10,13,15H,3-4,6,8-9H2,1-2H3. The number of hydrogen-bond donors (Lipinski definition) is 0. The minimum Gasteiger partial charge on any atom is -0.378 e. The van der Waals surface area contributed by atoms with Crippen LogP contribution in [0.25, 0.3) is 0 Å². The van der Waals surface area contributed by atoms with Gasteiger partial charge in [-0.3, -0.25) is 0 Å². The lowest BCUT2D eigenvalue weighted by atomic mass is 9.99. The summed E-state index contributed by atoms with van der Waals surface area (Å²) in [5.41, 5.74) is 3.88. The molecule has 0 radical (unpaired) electrons. The van der Waals surface area contributed by atoms with Crippen molar-refractivity contribution >= 4 is 11.6 Å². The molecule has 94 valence electrons. The maximum atomic E-state index is 6.49. The summed E-state index contributed by atoms with van der Waals surface area (Å²) < 4.78 is 5.63. The molecule has 0 aliphatic carbocycles.